The van der Waals surface area contributed by atoms with Crippen LogP contribution in [0.2, 0.25) is 0 Å². The van der Waals surface area contributed by atoms with Gasteiger partial charge in [-0.2, -0.15) is 0 Å². The van der Waals surface area contributed by atoms with Gasteiger partial charge in [-0.1, -0.05) is 13.0 Å². The van der Waals surface area contributed by atoms with Crippen molar-refractivity contribution in [2.24, 2.45) is 0 Å². The van der Waals surface area contributed by atoms with Crippen molar-refractivity contribution in [2.45, 2.75) is 18.2 Å². The number of hydrogen-bond acceptors (Lipinski definition) is 3. The van der Waals surface area contributed by atoms with Crippen LogP contribution in [-0.2, 0) is 0 Å². The molecule has 2 aromatic rings. The summed E-state index contributed by atoms with van der Waals surface area (Å²) in [7, 11) is 3.28. The Balaban J connectivity index is 2.40. The summed E-state index contributed by atoms with van der Waals surface area (Å²) in [6.45, 7) is 2.08. The first-order valence-electron chi connectivity index (χ1n) is 6.44. The average molecular weight is 292 g/mol. The molecule has 0 N–H and O–H groups in total. The van der Waals surface area contributed by atoms with E-state index in [0.29, 0.717) is 0 Å². The number of rotatable bonds is 5. The molecule has 1 aromatic heterocycles. The second-order valence-corrected chi connectivity index (χ2v) is 5.02. The highest BCUT2D eigenvalue weighted by Gasteiger charge is 2.25. The molecule has 0 aliphatic rings. The third-order valence-corrected chi connectivity index (χ3v) is 4.01. The van der Waals surface area contributed by atoms with Gasteiger partial charge in [0.15, 0.2) is 0 Å². The van der Waals surface area contributed by atoms with Gasteiger partial charge in [0.25, 0.3) is 0 Å². The van der Waals surface area contributed by atoms with E-state index in [1.807, 2.05) is 30.3 Å². The number of aromatic nitrogens is 1. The molecule has 4 heteroatoms. The largest absolute Gasteiger partial charge is 0.496 e. The summed E-state index contributed by atoms with van der Waals surface area (Å²) in [6, 6.07) is 9.63. The van der Waals surface area contributed by atoms with Gasteiger partial charge in [-0.15, -0.1) is 11.6 Å². The van der Waals surface area contributed by atoms with E-state index in [4.69, 9.17) is 21.1 Å². The van der Waals surface area contributed by atoms with Crippen LogP contribution in [0.15, 0.2) is 42.7 Å². The first kappa shape index (κ1) is 14.7. The zero-order valence-electron chi connectivity index (χ0n) is 11.8. The molecular formula is C16H18ClNO2. The lowest BCUT2D eigenvalue weighted by Crippen LogP contribution is -2.06. The fourth-order valence-corrected chi connectivity index (χ4v) is 2.60. The minimum atomic E-state index is -0.247. The van der Waals surface area contributed by atoms with Crippen molar-refractivity contribution in [3.63, 3.8) is 0 Å². The second kappa shape index (κ2) is 6.62. The molecule has 2 atom stereocenters. The molecule has 0 saturated carbocycles. The maximum atomic E-state index is 6.68. The van der Waals surface area contributed by atoms with Gasteiger partial charge in [0.05, 0.1) is 25.2 Å². The topological polar surface area (TPSA) is 31.4 Å². The molecule has 0 aliphatic carbocycles. The van der Waals surface area contributed by atoms with E-state index in [0.717, 1.165) is 22.6 Å². The molecule has 3 nitrogen and oxygen atoms in total. The third kappa shape index (κ3) is 2.88. The number of methoxy groups -OCH3 is 2. The molecule has 2 unspecified atom stereocenters. The Hall–Kier alpha value is -1.74. The molecule has 106 valence electrons. The molecule has 0 amide bonds. The monoisotopic (exact) mass is 291 g/mol. The lowest BCUT2D eigenvalue weighted by Gasteiger charge is -2.22. The molecule has 2 rings (SSSR count). The van der Waals surface area contributed by atoms with Gasteiger partial charge in [-0.05, 0) is 29.8 Å². The Labute approximate surface area is 124 Å². The van der Waals surface area contributed by atoms with Crippen molar-refractivity contribution in [1.29, 1.82) is 0 Å². The highest BCUT2D eigenvalue weighted by atomic mass is 35.5. The van der Waals surface area contributed by atoms with Crippen molar-refractivity contribution >= 4 is 11.6 Å². The van der Waals surface area contributed by atoms with E-state index in [2.05, 4.69) is 11.9 Å². The van der Waals surface area contributed by atoms with Gasteiger partial charge in [0.1, 0.15) is 11.5 Å². The maximum absolute atomic E-state index is 6.68. The molecule has 0 bridgehead atoms. The van der Waals surface area contributed by atoms with Crippen molar-refractivity contribution < 1.29 is 9.47 Å². The standard InChI is InChI=1S/C16H18ClNO2/c1-11(12-7-9-18-10-8-12)16(17)15-13(19-2)5-4-6-14(15)20-3/h4-11,16H,1-3H3. The number of pyridine rings is 1. The molecule has 0 spiro atoms. The molecule has 0 saturated heterocycles. The number of hydrogen-bond donors (Lipinski definition) is 0. The fraction of sp³-hybridized carbons (Fsp3) is 0.312. The van der Waals surface area contributed by atoms with Gasteiger partial charge in [-0.25, -0.2) is 0 Å². The van der Waals surface area contributed by atoms with Crippen LogP contribution in [0, 0.1) is 0 Å². The van der Waals surface area contributed by atoms with Crippen molar-refractivity contribution in [3.05, 3.63) is 53.9 Å². The molecule has 0 aliphatic heterocycles. The molecule has 20 heavy (non-hydrogen) atoms. The fourth-order valence-electron chi connectivity index (χ4n) is 2.24. The summed E-state index contributed by atoms with van der Waals surface area (Å²) < 4.78 is 10.8. The van der Waals surface area contributed by atoms with Crippen LogP contribution in [0.1, 0.15) is 29.3 Å². The number of halogens is 1. The Morgan fingerprint density at radius 2 is 1.55 bits per heavy atom. The summed E-state index contributed by atoms with van der Waals surface area (Å²) in [4.78, 5) is 4.03. The lowest BCUT2D eigenvalue weighted by atomic mass is 9.93. The Morgan fingerprint density at radius 1 is 1.00 bits per heavy atom. The predicted molar refractivity (Wildman–Crippen MR) is 80.8 cm³/mol. The average Bonchev–Trinajstić information content (AvgIpc) is 2.53. The zero-order valence-corrected chi connectivity index (χ0v) is 12.6. The quantitative estimate of drug-likeness (QED) is 0.774. The number of benzene rings is 1. The van der Waals surface area contributed by atoms with Crippen LogP contribution >= 0.6 is 11.6 Å². The van der Waals surface area contributed by atoms with E-state index in [9.17, 15) is 0 Å². The summed E-state index contributed by atoms with van der Waals surface area (Å²) in [6.07, 6.45) is 3.55. The molecule has 0 fully saturated rings. The van der Waals surface area contributed by atoms with E-state index in [1.54, 1.807) is 26.6 Å². The van der Waals surface area contributed by atoms with Crippen LogP contribution < -0.4 is 9.47 Å². The van der Waals surface area contributed by atoms with Crippen molar-refractivity contribution in [2.75, 3.05) is 14.2 Å². The van der Waals surface area contributed by atoms with Gasteiger partial charge in [0, 0.05) is 18.3 Å². The normalized spacial score (nSPS) is 13.6. The van der Waals surface area contributed by atoms with Gasteiger partial charge < -0.3 is 9.47 Å². The van der Waals surface area contributed by atoms with Gasteiger partial charge >= 0.3 is 0 Å². The van der Waals surface area contributed by atoms with Gasteiger partial charge in [-0.3, -0.25) is 4.98 Å². The van der Waals surface area contributed by atoms with Crippen LogP contribution in [0.25, 0.3) is 0 Å². The Kier molecular flexibility index (Phi) is 4.85. The van der Waals surface area contributed by atoms with Crippen LogP contribution in [0.5, 0.6) is 11.5 Å². The minimum Gasteiger partial charge on any atom is -0.496 e. The summed E-state index contributed by atoms with van der Waals surface area (Å²) in [5, 5.41) is -0.247. The van der Waals surface area contributed by atoms with Crippen molar-refractivity contribution in [3.8, 4) is 11.5 Å². The second-order valence-electron chi connectivity index (χ2n) is 4.55. The highest BCUT2D eigenvalue weighted by molar-refractivity contribution is 6.21. The lowest BCUT2D eigenvalue weighted by molar-refractivity contribution is 0.382. The Bertz CT molecular complexity index is 537. The van der Waals surface area contributed by atoms with E-state index >= 15 is 0 Å². The van der Waals surface area contributed by atoms with Crippen LogP contribution in [-0.4, -0.2) is 19.2 Å². The summed E-state index contributed by atoms with van der Waals surface area (Å²) in [5.74, 6) is 1.60. The van der Waals surface area contributed by atoms with E-state index in [-0.39, 0.29) is 11.3 Å². The predicted octanol–water partition coefficient (Wildman–Crippen LogP) is 4.18. The van der Waals surface area contributed by atoms with Crippen LogP contribution in [0.4, 0.5) is 0 Å². The number of nitrogens with zero attached hydrogens (tertiary/aromatic N) is 1. The van der Waals surface area contributed by atoms with E-state index in [1.165, 1.54) is 0 Å². The molecule has 0 radical (unpaired) electrons. The van der Waals surface area contributed by atoms with Crippen molar-refractivity contribution in [1.82, 2.24) is 4.98 Å². The van der Waals surface area contributed by atoms with E-state index < -0.39 is 0 Å². The molecular weight excluding hydrogens is 274 g/mol. The summed E-state index contributed by atoms with van der Waals surface area (Å²) >= 11 is 6.68. The number of alkyl halides is 1. The first-order valence-corrected chi connectivity index (χ1v) is 6.87. The third-order valence-electron chi connectivity index (χ3n) is 3.41. The van der Waals surface area contributed by atoms with Crippen LogP contribution in [0.3, 0.4) is 0 Å². The van der Waals surface area contributed by atoms with Gasteiger partial charge in [0.2, 0.25) is 0 Å². The maximum Gasteiger partial charge on any atom is 0.127 e. The number of ether oxygens (including phenoxy) is 2. The molecule has 1 heterocycles. The highest BCUT2D eigenvalue weighted by Crippen LogP contribution is 2.44. The zero-order chi connectivity index (χ0) is 14.5. The Morgan fingerprint density at radius 3 is 2.05 bits per heavy atom. The molecule has 1 aromatic carbocycles. The summed E-state index contributed by atoms with van der Waals surface area (Å²) in [5.41, 5.74) is 2.01. The smallest absolute Gasteiger partial charge is 0.127 e. The first-order chi connectivity index (χ1) is 9.69. The SMILES string of the molecule is COc1cccc(OC)c1C(Cl)C(C)c1ccncc1. The minimum absolute atomic E-state index is 0.116.